The number of amides is 1. The molecule has 26 heavy (non-hydrogen) atoms. The molecule has 0 radical (unpaired) electrons. The largest absolute Gasteiger partial charge is 0.356 e. The quantitative estimate of drug-likeness (QED) is 0.587. The summed E-state index contributed by atoms with van der Waals surface area (Å²) in [5.41, 5.74) is 2.57. The summed E-state index contributed by atoms with van der Waals surface area (Å²) < 4.78 is 5.16. The Labute approximate surface area is 148 Å². The van der Waals surface area contributed by atoms with E-state index in [4.69, 9.17) is 4.52 Å². The monoisotopic (exact) mass is 348 g/mol. The number of nitrogens with one attached hydrogen (secondary N) is 2. The minimum absolute atomic E-state index is 0.240. The molecule has 8 heteroatoms. The second-order valence-electron chi connectivity index (χ2n) is 6.39. The zero-order valence-electron chi connectivity index (χ0n) is 14.2. The fraction of sp³-hybridized carbons (Fsp3) is 0.167. The van der Waals surface area contributed by atoms with Crippen molar-refractivity contribution >= 4 is 17.1 Å². The van der Waals surface area contributed by atoms with Crippen LogP contribution in [0.4, 0.5) is 0 Å². The molecule has 4 aromatic rings. The Morgan fingerprint density at radius 3 is 2.62 bits per heavy atom. The molecular weight excluding hydrogens is 332 g/mol. The highest BCUT2D eigenvalue weighted by Gasteiger charge is 2.25. The van der Waals surface area contributed by atoms with E-state index in [-0.39, 0.29) is 5.91 Å². The Balaban J connectivity index is 1.58. The molecule has 0 saturated heterocycles. The number of pyridine rings is 1. The average Bonchev–Trinajstić information content (AvgIpc) is 3.32. The lowest BCUT2D eigenvalue weighted by Gasteiger charge is -2.27. The number of aromatic amines is 1. The van der Waals surface area contributed by atoms with Gasteiger partial charge < -0.3 is 9.84 Å². The third kappa shape index (κ3) is 2.81. The molecule has 1 amide bonds. The Bertz CT molecular complexity index is 1050. The van der Waals surface area contributed by atoms with E-state index in [1.807, 2.05) is 38.1 Å². The number of fused-ring (bicyclic) bond motifs is 1. The molecule has 0 aliphatic heterocycles. The molecule has 8 nitrogen and oxygen atoms in total. The fourth-order valence-corrected chi connectivity index (χ4v) is 2.78. The number of rotatable bonds is 4. The first-order chi connectivity index (χ1) is 12.5. The number of aromatic nitrogens is 5. The molecule has 0 aliphatic rings. The van der Waals surface area contributed by atoms with Crippen molar-refractivity contribution in [2.24, 2.45) is 0 Å². The highest BCUT2D eigenvalue weighted by atomic mass is 16.5. The molecule has 0 aliphatic carbocycles. The Morgan fingerprint density at radius 2 is 1.88 bits per heavy atom. The first-order valence-corrected chi connectivity index (χ1v) is 8.04. The van der Waals surface area contributed by atoms with Crippen LogP contribution in [0.15, 0.2) is 53.3 Å². The average molecular weight is 348 g/mol. The molecule has 0 spiro atoms. The summed E-state index contributed by atoms with van der Waals surface area (Å²) in [5, 5.41) is 17.2. The van der Waals surface area contributed by atoms with Gasteiger partial charge in [-0.25, -0.2) is 4.98 Å². The van der Waals surface area contributed by atoms with Crippen LogP contribution in [-0.4, -0.2) is 31.5 Å². The summed E-state index contributed by atoms with van der Waals surface area (Å²) in [6.45, 7) is 3.88. The Hall–Kier alpha value is -3.55. The van der Waals surface area contributed by atoms with Gasteiger partial charge in [-0.2, -0.15) is 10.3 Å². The van der Waals surface area contributed by atoms with Crippen LogP contribution in [0.3, 0.4) is 0 Å². The van der Waals surface area contributed by atoms with E-state index in [1.165, 1.54) is 0 Å². The number of H-pyrrole nitrogens is 1. The summed E-state index contributed by atoms with van der Waals surface area (Å²) in [6, 6.07) is 11.2. The van der Waals surface area contributed by atoms with Crippen molar-refractivity contribution in [3.8, 4) is 11.3 Å². The molecule has 0 unspecified atom stereocenters. The second kappa shape index (κ2) is 6.07. The van der Waals surface area contributed by atoms with Gasteiger partial charge in [-0.1, -0.05) is 29.4 Å². The van der Waals surface area contributed by atoms with Gasteiger partial charge in [0.05, 0.1) is 17.3 Å². The third-order valence-electron chi connectivity index (χ3n) is 4.22. The normalized spacial score (nSPS) is 11.6. The van der Waals surface area contributed by atoms with E-state index in [1.54, 1.807) is 24.5 Å². The minimum Gasteiger partial charge on any atom is -0.356 e. The van der Waals surface area contributed by atoms with Gasteiger partial charge in [0.15, 0.2) is 5.76 Å². The van der Waals surface area contributed by atoms with Crippen LogP contribution in [0, 0.1) is 0 Å². The summed E-state index contributed by atoms with van der Waals surface area (Å²) >= 11 is 0. The number of nitrogens with zero attached hydrogens (tertiary/aromatic N) is 4. The van der Waals surface area contributed by atoms with Crippen molar-refractivity contribution in [3.05, 3.63) is 59.9 Å². The highest BCUT2D eigenvalue weighted by Crippen LogP contribution is 2.25. The zero-order chi connectivity index (χ0) is 18.1. The number of hydrogen-bond acceptors (Lipinski definition) is 6. The van der Waals surface area contributed by atoms with Crippen molar-refractivity contribution in [2.75, 3.05) is 0 Å². The molecule has 0 fully saturated rings. The molecule has 0 bridgehead atoms. The molecule has 0 saturated carbocycles. The molecule has 0 atom stereocenters. The Kier molecular flexibility index (Phi) is 3.72. The zero-order valence-corrected chi connectivity index (χ0v) is 14.2. The van der Waals surface area contributed by atoms with E-state index in [0.717, 1.165) is 11.1 Å². The van der Waals surface area contributed by atoms with Crippen LogP contribution in [0.2, 0.25) is 0 Å². The van der Waals surface area contributed by atoms with Crippen LogP contribution < -0.4 is 5.32 Å². The highest BCUT2D eigenvalue weighted by molar-refractivity contribution is 6.04. The molecule has 4 rings (SSSR count). The van der Waals surface area contributed by atoms with E-state index in [2.05, 4.69) is 30.9 Å². The molecule has 130 valence electrons. The summed E-state index contributed by atoms with van der Waals surface area (Å²) in [4.78, 5) is 16.8. The topological polar surface area (TPSA) is 110 Å². The lowest BCUT2D eigenvalue weighted by Crippen LogP contribution is -2.41. The van der Waals surface area contributed by atoms with Gasteiger partial charge in [0.1, 0.15) is 5.52 Å². The lowest BCUT2D eigenvalue weighted by atomic mass is 9.92. The standard InChI is InChI=1S/C18H16N6O2/c1-18(2,12-5-3-11(4-6-12)14-8-10-20-26-14)21-17(25)13-7-9-19-16-15(13)22-24-23-16/h3-10H,1-2H3,(H,21,25)(H,19,22,23,24). The van der Waals surface area contributed by atoms with E-state index >= 15 is 0 Å². The first-order valence-electron chi connectivity index (χ1n) is 8.04. The van der Waals surface area contributed by atoms with Crippen LogP contribution in [0.25, 0.3) is 22.5 Å². The molecular formula is C18H16N6O2. The van der Waals surface area contributed by atoms with Crippen molar-refractivity contribution in [3.63, 3.8) is 0 Å². The predicted molar refractivity (Wildman–Crippen MR) is 94.1 cm³/mol. The number of carbonyl (C=O) groups is 1. The van der Waals surface area contributed by atoms with E-state index < -0.39 is 5.54 Å². The van der Waals surface area contributed by atoms with Crippen molar-refractivity contribution in [2.45, 2.75) is 19.4 Å². The van der Waals surface area contributed by atoms with Gasteiger partial charge in [0.2, 0.25) is 5.65 Å². The van der Waals surface area contributed by atoms with E-state index in [9.17, 15) is 4.79 Å². The smallest absolute Gasteiger partial charge is 0.254 e. The van der Waals surface area contributed by atoms with Crippen LogP contribution in [0.1, 0.15) is 29.8 Å². The minimum atomic E-state index is -0.587. The number of carbonyl (C=O) groups excluding carboxylic acids is 1. The first kappa shape index (κ1) is 15.9. The van der Waals surface area contributed by atoms with Crippen LogP contribution in [0.5, 0.6) is 0 Å². The summed E-state index contributed by atoms with van der Waals surface area (Å²) in [5.74, 6) is 0.458. The number of hydrogen-bond donors (Lipinski definition) is 2. The predicted octanol–water partition coefficient (Wildman–Crippen LogP) is 2.67. The maximum atomic E-state index is 12.8. The maximum absolute atomic E-state index is 12.8. The van der Waals surface area contributed by atoms with Gasteiger partial charge >= 0.3 is 0 Å². The molecule has 3 aromatic heterocycles. The maximum Gasteiger partial charge on any atom is 0.254 e. The summed E-state index contributed by atoms with van der Waals surface area (Å²) in [7, 11) is 0. The van der Waals surface area contributed by atoms with Gasteiger partial charge in [-0.3, -0.25) is 4.79 Å². The SMILES string of the molecule is CC(C)(NC(=O)c1ccnc2n[nH]nc12)c1ccc(-c2ccno2)cc1. The molecule has 3 heterocycles. The third-order valence-corrected chi connectivity index (χ3v) is 4.22. The van der Waals surface area contributed by atoms with Gasteiger partial charge in [-0.05, 0) is 25.5 Å². The Morgan fingerprint density at radius 1 is 1.08 bits per heavy atom. The van der Waals surface area contributed by atoms with Gasteiger partial charge in [-0.15, -0.1) is 5.10 Å². The van der Waals surface area contributed by atoms with Crippen LogP contribution in [-0.2, 0) is 5.54 Å². The molecule has 2 N–H and O–H groups in total. The fourth-order valence-electron chi connectivity index (χ4n) is 2.78. The van der Waals surface area contributed by atoms with Gasteiger partial charge in [0, 0.05) is 17.8 Å². The van der Waals surface area contributed by atoms with Crippen molar-refractivity contribution < 1.29 is 9.32 Å². The van der Waals surface area contributed by atoms with E-state index in [0.29, 0.717) is 22.5 Å². The lowest BCUT2D eigenvalue weighted by molar-refractivity contribution is 0.0913. The number of benzene rings is 1. The van der Waals surface area contributed by atoms with Gasteiger partial charge in [0.25, 0.3) is 5.91 Å². The summed E-state index contributed by atoms with van der Waals surface area (Å²) in [6.07, 6.45) is 3.14. The van der Waals surface area contributed by atoms with Crippen molar-refractivity contribution in [1.29, 1.82) is 0 Å². The van der Waals surface area contributed by atoms with Crippen molar-refractivity contribution in [1.82, 2.24) is 30.9 Å². The second-order valence-corrected chi connectivity index (χ2v) is 6.39. The molecule has 1 aromatic carbocycles. The van der Waals surface area contributed by atoms with Crippen LogP contribution >= 0.6 is 0 Å².